The first-order valence-electron chi connectivity index (χ1n) is 6.41. The van der Waals surface area contributed by atoms with Crippen LogP contribution in [0.3, 0.4) is 0 Å². The summed E-state index contributed by atoms with van der Waals surface area (Å²) in [6.07, 6.45) is 1.26. The first kappa shape index (κ1) is 17.4. The van der Waals surface area contributed by atoms with Crippen LogP contribution in [0.2, 0.25) is 0 Å². The minimum absolute atomic E-state index is 0.179. The van der Waals surface area contributed by atoms with Gasteiger partial charge in [0.2, 0.25) is 10.0 Å². The highest BCUT2D eigenvalue weighted by Gasteiger charge is 2.31. The summed E-state index contributed by atoms with van der Waals surface area (Å²) in [5.41, 5.74) is 5.13. The van der Waals surface area contributed by atoms with E-state index in [1.165, 1.54) is 13.2 Å². The molecule has 0 radical (unpaired) electrons. The molecule has 0 aliphatic carbocycles. The van der Waals surface area contributed by atoms with Crippen LogP contribution in [0.1, 0.15) is 26.7 Å². The zero-order chi connectivity index (χ0) is 15.4. The molecule has 7 heteroatoms. The fraction of sp³-hybridized carbons (Fsp3) is 0.538. The predicted octanol–water partition coefficient (Wildman–Crippen LogP) is 2.25. The fourth-order valence-corrected chi connectivity index (χ4v) is 4.50. The molecule has 114 valence electrons. The highest BCUT2D eigenvalue weighted by Crippen LogP contribution is 2.28. The van der Waals surface area contributed by atoms with E-state index in [-0.39, 0.29) is 11.4 Å². The molecule has 0 bridgehead atoms. The Kier molecular flexibility index (Phi) is 6.00. The number of hydrogen-bond donors (Lipinski definition) is 2. The molecule has 1 aromatic rings. The molecule has 0 aromatic heterocycles. The lowest BCUT2D eigenvalue weighted by Gasteiger charge is -2.31. The van der Waals surface area contributed by atoms with Crippen molar-refractivity contribution in [1.29, 1.82) is 0 Å². The van der Waals surface area contributed by atoms with Crippen molar-refractivity contribution in [2.24, 2.45) is 5.73 Å². The van der Waals surface area contributed by atoms with Crippen molar-refractivity contribution < 1.29 is 13.2 Å². The number of hydrogen-bond acceptors (Lipinski definition) is 4. The maximum atomic E-state index is 12.5. The van der Waals surface area contributed by atoms with Crippen LogP contribution in [0.5, 0.6) is 5.75 Å². The zero-order valence-electron chi connectivity index (χ0n) is 11.9. The Morgan fingerprint density at radius 3 is 2.35 bits per heavy atom. The quantitative estimate of drug-likeness (QED) is 0.777. The summed E-state index contributed by atoms with van der Waals surface area (Å²) in [5, 5.41) is 0. The van der Waals surface area contributed by atoms with E-state index in [9.17, 15) is 8.42 Å². The average molecular weight is 365 g/mol. The molecule has 1 rings (SSSR count). The molecule has 1 aromatic carbocycles. The molecule has 0 saturated heterocycles. The summed E-state index contributed by atoms with van der Waals surface area (Å²) < 4.78 is 33.3. The molecule has 0 aliphatic heterocycles. The summed E-state index contributed by atoms with van der Waals surface area (Å²) in [5.74, 6) is 0.590. The molecule has 0 spiro atoms. The van der Waals surface area contributed by atoms with Gasteiger partial charge in [-0.3, -0.25) is 0 Å². The minimum atomic E-state index is -3.64. The second kappa shape index (κ2) is 6.89. The van der Waals surface area contributed by atoms with Crippen LogP contribution in [0.15, 0.2) is 27.6 Å². The molecule has 0 atom stereocenters. The van der Waals surface area contributed by atoms with E-state index in [0.29, 0.717) is 23.1 Å². The van der Waals surface area contributed by atoms with Gasteiger partial charge in [0.05, 0.1) is 12.0 Å². The maximum absolute atomic E-state index is 12.5. The summed E-state index contributed by atoms with van der Waals surface area (Å²) in [6, 6.07) is 4.75. The first-order valence-corrected chi connectivity index (χ1v) is 8.69. The second-order valence-corrected chi connectivity index (χ2v) is 7.10. The van der Waals surface area contributed by atoms with Crippen LogP contribution < -0.4 is 15.2 Å². The van der Waals surface area contributed by atoms with Crippen LogP contribution in [-0.4, -0.2) is 27.6 Å². The molecule has 0 amide bonds. The molecule has 5 nitrogen and oxygen atoms in total. The number of benzene rings is 1. The van der Waals surface area contributed by atoms with Gasteiger partial charge in [-0.2, -0.15) is 0 Å². The number of methoxy groups -OCH3 is 1. The normalized spacial score (nSPS) is 12.4. The maximum Gasteiger partial charge on any atom is 0.242 e. The number of nitrogens with two attached hydrogens (primary N) is 1. The first-order chi connectivity index (χ1) is 9.34. The lowest BCUT2D eigenvalue weighted by Crippen LogP contribution is -2.52. The number of sulfonamides is 1. The van der Waals surface area contributed by atoms with E-state index < -0.39 is 15.6 Å². The molecule has 3 N–H and O–H groups in total. The Hall–Kier alpha value is -0.630. The largest absolute Gasteiger partial charge is 0.497 e. The lowest BCUT2D eigenvalue weighted by atomic mass is 9.95. The standard InChI is InChI=1S/C13H21BrN2O3S/c1-4-13(5-2,9-15)16-20(17,18)12-7-6-10(19-3)8-11(12)14/h6-8,16H,4-5,9,15H2,1-3H3. The van der Waals surface area contributed by atoms with Gasteiger partial charge in [0.25, 0.3) is 0 Å². The minimum Gasteiger partial charge on any atom is -0.497 e. The molecule has 0 heterocycles. The molecular weight excluding hydrogens is 344 g/mol. The van der Waals surface area contributed by atoms with Gasteiger partial charge in [-0.1, -0.05) is 13.8 Å². The van der Waals surface area contributed by atoms with Crippen molar-refractivity contribution in [1.82, 2.24) is 4.72 Å². The van der Waals surface area contributed by atoms with Gasteiger partial charge >= 0.3 is 0 Å². The Labute approximate surface area is 129 Å². The smallest absolute Gasteiger partial charge is 0.242 e. The number of ether oxygens (including phenoxy) is 1. The Morgan fingerprint density at radius 1 is 1.35 bits per heavy atom. The Morgan fingerprint density at radius 2 is 1.95 bits per heavy atom. The molecule has 0 aliphatic rings. The van der Waals surface area contributed by atoms with E-state index >= 15 is 0 Å². The summed E-state index contributed by atoms with van der Waals surface area (Å²) >= 11 is 3.27. The van der Waals surface area contributed by atoms with E-state index in [1.807, 2.05) is 13.8 Å². The molecule has 0 fully saturated rings. The van der Waals surface area contributed by atoms with Gasteiger partial charge in [0.15, 0.2) is 0 Å². The summed E-state index contributed by atoms with van der Waals surface area (Å²) in [4.78, 5) is 0.179. The molecule has 0 saturated carbocycles. The SMILES string of the molecule is CCC(CC)(CN)NS(=O)(=O)c1ccc(OC)cc1Br. The Bertz CT molecular complexity index is 548. The van der Waals surface area contributed by atoms with E-state index in [1.54, 1.807) is 12.1 Å². The van der Waals surface area contributed by atoms with Crippen LogP contribution in [0.4, 0.5) is 0 Å². The van der Waals surface area contributed by atoms with Crippen LogP contribution in [-0.2, 0) is 10.0 Å². The lowest BCUT2D eigenvalue weighted by molar-refractivity contribution is 0.363. The van der Waals surface area contributed by atoms with Crippen molar-refractivity contribution in [3.8, 4) is 5.75 Å². The monoisotopic (exact) mass is 364 g/mol. The molecule has 20 heavy (non-hydrogen) atoms. The number of rotatable bonds is 7. The van der Waals surface area contributed by atoms with Gasteiger partial charge in [0, 0.05) is 16.6 Å². The predicted molar refractivity (Wildman–Crippen MR) is 83.4 cm³/mol. The molecule has 0 unspecified atom stereocenters. The topological polar surface area (TPSA) is 81.4 Å². The van der Waals surface area contributed by atoms with Gasteiger partial charge < -0.3 is 10.5 Å². The van der Waals surface area contributed by atoms with Gasteiger partial charge in [-0.15, -0.1) is 0 Å². The fourth-order valence-electron chi connectivity index (χ4n) is 1.89. The summed E-state index contributed by atoms with van der Waals surface area (Å²) in [7, 11) is -2.11. The number of halogens is 1. The van der Waals surface area contributed by atoms with Gasteiger partial charge in [-0.25, -0.2) is 13.1 Å². The van der Waals surface area contributed by atoms with Crippen molar-refractivity contribution in [3.63, 3.8) is 0 Å². The highest BCUT2D eigenvalue weighted by atomic mass is 79.9. The highest BCUT2D eigenvalue weighted by molar-refractivity contribution is 9.10. The van der Waals surface area contributed by atoms with Crippen LogP contribution in [0, 0.1) is 0 Å². The van der Waals surface area contributed by atoms with Crippen molar-refractivity contribution >= 4 is 26.0 Å². The van der Waals surface area contributed by atoms with Crippen LogP contribution >= 0.6 is 15.9 Å². The third-order valence-electron chi connectivity index (χ3n) is 3.52. The average Bonchev–Trinajstić information content (AvgIpc) is 2.44. The van der Waals surface area contributed by atoms with E-state index in [4.69, 9.17) is 10.5 Å². The van der Waals surface area contributed by atoms with Crippen molar-refractivity contribution in [2.45, 2.75) is 37.1 Å². The third-order valence-corrected chi connectivity index (χ3v) is 6.08. The number of nitrogens with one attached hydrogen (secondary N) is 1. The second-order valence-electron chi connectivity index (χ2n) is 4.59. The summed E-state index contributed by atoms with van der Waals surface area (Å²) in [6.45, 7) is 4.09. The Balaban J connectivity index is 3.17. The van der Waals surface area contributed by atoms with Gasteiger partial charge in [-0.05, 0) is 47.0 Å². The zero-order valence-corrected chi connectivity index (χ0v) is 14.3. The van der Waals surface area contributed by atoms with Crippen molar-refractivity contribution in [3.05, 3.63) is 22.7 Å². The van der Waals surface area contributed by atoms with E-state index in [2.05, 4.69) is 20.7 Å². The van der Waals surface area contributed by atoms with E-state index in [0.717, 1.165) is 0 Å². The third kappa shape index (κ3) is 3.72. The molecular formula is C13H21BrN2O3S. The van der Waals surface area contributed by atoms with Gasteiger partial charge in [0.1, 0.15) is 5.75 Å². The van der Waals surface area contributed by atoms with Crippen molar-refractivity contribution in [2.75, 3.05) is 13.7 Å². The van der Waals surface area contributed by atoms with Crippen LogP contribution in [0.25, 0.3) is 0 Å².